The smallest absolute Gasteiger partial charge is 0.222 e. The number of amides is 1. The normalized spacial score (nSPS) is 15.5. The highest BCUT2D eigenvalue weighted by Crippen LogP contribution is 2.17. The average Bonchev–Trinajstić information content (AvgIpc) is 2.62. The van der Waals surface area contributed by atoms with Crippen molar-refractivity contribution in [3.05, 3.63) is 64.9 Å². The molecule has 126 valence electrons. The van der Waals surface area contributed by atoms with E-state index in [0.717, 1.165) is 49.0 Å². The number of aromatic nitrogens is 1. The van der Waals surface area contributed by atoms with Crippen LogP contribution in [0, 0.1) is 0 Å². The third-order valence-corrected chi connectivity index (χ3v) is 4.77. The molecule has 1 fully saturated rings. The first kappa shape index (κ1) is 16.9. The number of nitrogens with zero attached hydrogens (tertiary/aromatic N) is 3. The minimum absolute atomic E-state index is 0.215. The second-order valence-electron chi connectivity index (χ2n) is 6.07. The fraction of sp³-hybridized carbons (Fsp3) is 0.368. The predicted octanol–water partition coefficient (Wildman–Crippen LogP) is 3.01. The van der Waals surface area contributed by atoms with Gasteiger partial charge in [0.15, 0.2) is 0 Å². The highest BCUT2D eigenvalue weighted by molar-refractivity contribution is 6.31. The van der Waals surface area contributed by atoms with Crippen LogP contribution in [0.3, 0.4) is 0 Å². The van der Waals surface area contributed by atoms with Gasteiger partial charge >= 0.3 is 0 Å². The fourth-order valence-electron chi connectivity index (χ4n) is 2.98. The van der Waals surface area contributed by atoms with Crippen LogP contribution in [-0.4, -0.2) is 46.9 Å². The lowest BCUT2D eigenvalue weighted by Crippen LogP contribution is -2.48. The van der Waals surface area contributed by atoms with Gasteiger partial charge in [-0.3, -0.25) is 14.7 Å². The molecule has 0 bridgehead atoms. The zero-order valence-corrected chi connectivity index (χ0v) is 14.5. The van der Waals surface area contributed by atoms with Gasteiger partial charge in [0.1, 0.15) is 0 Å². The minimum atomic E-state index is 0.215. The molecule has 1 aromatic heterocycles. The topological polar surface area (TPSA) is 36.4 Å². The first-order valence-corrected chi connectivity index (χ1v) is 8.73. The second-order valence-corrected chi connectivity index (χ2v) is 6.48. The summed E-state index contributed by atoms with van der Waals surface area (Å²) < 4.78 is 0. The lowest BCUT2D eigenvalue weighted by atomic mass is 10.1. The number of piperazine rings is 1. The number of halogens is 1. The summed E-state index contributed by atoms with van der Waals surface area (Å²) >= 11 is 6.15. The van der Waals surface area contributed by atoms with Crippen LogP contribution < -0.4 is 0 Å². The number of carbonyl (C=O) groups excluding carboxylic acids is 1. The summed E-state index contributed by atoms with van der Waals surface area (Å²) in [5, 5.41) is 0.741. The number of aryl methyl sites for hydroxylation is 1. The van der Waals surface area contributed by atoms with Crippen molar-refractivity contribution in [2.45, 2.75) is 19.4 Å². The van der Waals surface area contributed by atoms with Gasteiger partial charge in [-0.1, -0.05) is 35.9 Å². The number of pyridine rings is 1. The van der Waals surface area contributed by atoms with Crippen molar-refractivity contribution in [1.82, 2.24) is 14.8 Å². The third-order valence-electron chi connectivity index (χ3n) is 4.40. The molecule has 4 nitrogen and oxygen atoms in total. The SMILES string of the molecule is O=C(CCc1ccccc1Cl)N1CCN(Cc2ccccn2)CC1. The van der Waals surface area contributed by atoms with E-state index in [0.29, 0.717) is 12.8 Å². The molecule has 1 aliphatic rings. The largest absolute Gasteiger partial charge is 0.340 e. The van der Waals surface area contributed by atoms with Gasteiger partial charge in [-0.2, -0.15) is 0 Å². The van der Waals surface area contributed by atoms with Crippen molar-refractivity contribution < 1.29 is 4.79 Å². The van der Waals surface area contributed by atoms with Crippen LogP contribution in [0.1, 0.15) is 17.7 Å². The van der Waals surface area contributed by atoms with Crippen LogP contribution in [0.2, 0.25) is 5.02 Å². The van der Waals surface area contributed by atoms with Crippen LogP contribution in [0.15, 0.2) is 48.7 Å². The Bertz CT molecular complexity index is 669. The Morgan fingerprint density at radius 1 is 1.04 bits per heavy atom. The van der Waals surface area contributed by atoms with Crippen molar-refractivity contribution in [3.63, 3.8) is 0 Å². The van der Waals surface area contributed by atoms with E-state index in [-0.39, 0.29) is 5.91 Å². The van der Waals surface area contributed by atoms with Gasteiger partial charge in [-0.15, -0.1) is 0 Å². The molecule has 0 saturated carbocycles. The third kappa shape index (κ3) is 4.56. The molecule has 0 aliphatic carbocycles. The highest BCUT2D eigenvalue weighted by atomic mass is 35.5. The summed E-state index contributed by atoms with van der Waals surface area (Å²) in [5.41, 5.74) is 2.12. The Kier molecular flexibility index (Phi) is 5.83. The minimum Gasteiger partial charge on any atom is -0.340 e. The number of hydrogen-bond acceptors (Lipinski definition) is 3. The molecule has 1 aromatic carbocycles. The Morgan fingerprint density at radius 2 is 1.79 bits per heavy atom. The first-order chi connectivity index (χ1) is 11.7. The average molecular weight is 344 g/mol. The molecule has 24 heavy (non-hydrogen) atoms. The van der Waals surface area contributed by atoms with E-state index >= 15 is 0 Å². The molecule has 1 saturated heterocycles. The van der Waals surface area contributed by atoms with Gasteiger partial charge in [0.25, 0.3) is 0 Å². The maximum absolute atomic E-state index is 12.4. The predicted molar refractivity (Wildman–Crippen MR) is 95.9 cm³/mol. The van der Waals surface area contributed by atoms with Crippen molar-refractivity contribution in [2.75, 3.05) is 26.2 Å². The Morgan fingerprint density at radius 3 is 2.50 bits per heavy atom. The molecule has 1 amide bonds. The Balaban J connectivity index is 1.44. The number of rotatable bonds is 5. The van der Waals surface area contributed by atoms with Gasteiger partial charge in [0.2, 0.25) is 5.91 Å². The molecule has 5 heteroatoms. The number of hydrogen-bond donors (Lipinski definition) is 0. The summed E-state index contributed by atoms with van der Waals surface area (Å²) in [5.74, 6) is 0.215. The van der Waals surface area contributed by atoms with E-state index in [1.165, 1.54) is 0 Å². The molecule has 0 radical (unpaired) electrons. The molecule has 2 heterocycles. The summed E-state index contributed by atoms with van der Waals surface area (Å²) in [6.45, 7) is 4.22. The Hall–Kier alpha value is -1.91. The quantitative estimate of drug-likeness (QED) is 0.837. The molecule has 0 atom stereocenters. The number of carbonyl (C=O) groups is 1. The zero-order chi connectivity index (χ0) is 16.8. The molecule has 0 N–H and O–H groups in total. The van der Waals surface area contributed by atoms with Crippen LogP contribution >= 0.6 is 11.6 Å². The highest BCUT2D eigenvalue weighted by Gasteiger charge is 2.21. The van der Waals surface area contributed by atoms with Gasteiger partial charge < -0.3 is 4.90 Å². The van der Waals surface area contributed by atoms with E-state index in [2.05, 4.69) is 9.88 Å². The fourth-order valence-corrected chi connectivity index (χ4v) is 3.21. The first-order valence-electron chi connectivity index (χ1n) is 8.36. The van der Waals surface area contributed by atoms with Crippen LogP contribution in [-0.2, 0) is 17.8 Å². The monoisotopic (exact) mass is 343 g/mol. The van der Waals surface area contributed by atoms with Crippen LogP contribution in [0.5, 0.6) is 0 Å². The van der Waals surface area contributed by atoms with E-state index in [9.17, 15) is 4.79 Å². The maximum atomic E-state index is 12.4. The molecule has 3 rings (SSSR count). The number of benzene rings is 1. The molecule has 2 aromatic rings. The molecule has 1 aliphatic heterocycles. The van der Waals surface area contributed by atoms with E-state index in [1.807, 2.05) is 53.6 Å². The van der Waals surface area contributed by atoms with E-state index in [4.69, 9.17) is 11.6 Å². The van der Waals surface area contributed by atoms with Crippen molar-refractivity contribution >= 4 is 17.5 Å². The standard InChI is InChI=1S/C19H22ClN3O/c20-18-7-2-1-5-16(18)8-9-19(24)23-13-11-22(12-14-23)15-17-6-3-4-10-21-17/h1-7,10H,8-9,11-15H2. The summed E-state index contributed by atoms with van der Waals surface area (Å²) in [6, 6.07) is 13.7. The zero-order valence-electron chi connectivity index (χ0n) is 13.7. The van der Waals surface area contributed by atoms with Crippen molar-refractivity contribution in [1.29, 1.82) is 0 Å². The van der Waals surface area contributed by atoms with Gasteiger partial charge in [-0.25, -0.2) is 0 Å². The summed E-state index contributed by atoms with van der Waals surface area (Å²) in [6.07, 6.45) is 3.04. The second kappa shape index (κ2) is 8.27. The van der Waals surface area contributed by atoms with Crippen molar-refractivity contribution in [2.24, 2.45) is 0 Å². The molecule has 0 unspecified atom stereocenters. The van der Waals surface area contributed by atoms with Crippen LogP contribution in [0.4, 0.5) is 0 Å². The van der Waals surface area contributed by atoms with Gasteiger partial charge in [-0.05, 0) is 30.2 Å². The van der Waals surface area contributed by atoms with Gasteiger partial charge in [0.05, 0.1) is 5.69 Å². The molecule has 0 spiro atoms. The van der Waals surface area contributed by atoms with Crippen LogP contribution in [0.25, 0.3) is 0 Å². The molecular weight excluding hydrogens is 322 g/mol. The lowest BCUT2D eigenvalue weighted by Gasteiger charge is -2.34. The van der Waals surface area contributed by atoms with E-state index in [1.54, 1.807) is 0 Å². The lowest BCUT2D eigenvalue weighted by molar-refractivity contribution is -0.133. The Labute approximate surface area is 148 Å². The van der Waals surface area contributed by atoms with Crippen molar-refractivity contribution in [3.8, 4) is 0 Å². The molecular formula is C19H22ClN3O. The summed E-state index contributed by atoms with van der Waals surface area (Å²) in [4.78, 5) is 21.1. The maximum Gasteiger partial charge on any atom is 0.222 e. The van der Waals surface area contributed by atoms with Gasteiger partial charge in [0, 0.05) is 50.4 Å². The van der Waals surface area contributed by atoms with E-state index < -0.39 is 0 Å². The summed E-state index contributed by atoms with van der Waals surface area (Å²) in [7, 11) is 0.